The van der Waals surface area contributed by atoms with Crippen LogP contribution in [-0.2, 0) is 14.8 Å². The highest BCUT2D eigenvalue weighted by Crippen LogP contribution is 2.32. The number of carbonyl (C=O) groups is 1. The van der Waals surface area contributed by atoms with Crippen LogP contribution in [0.4, 0.5) is 0 Å². The van der Waals surface area contributed by atoms with E-state index in [9.17, 15) is 13.2 Å². The lowest BCUT2D eigenvalue weighted by atomic mass is 9.95. The van der Waals surface area contributed by atoms with E-state index in [-0.39, 0.29) is 16.8 Å². The summed E-state index contributed by atoms with van der Waals surface area (Å²) < 4.78 is 33.3. The molecule has 0 radical (unpaired) electrons. The number of hydrogen-bond donors (Lipinski definition) is 1. The molecular weight excluding hydrogens is 364 g/mol. The third-order valence-electron chi connectivity index (χ3n) is 5.74. The Morgan fingerprint density at radius 2 is 1.78 bits per heavy atom. The summed E-state index contributed by atoms with van der Waals surface area (Å²) in [4.78, 5) is 13.1. The molecule has 0 aromatic heterocycles. The summed E-state index contributed by atoms with van der Waals surface area (Å²) in [6.45, 7) is 3.98. The van der Waals surface area contributed by atoms with Gasteiger partial charge in [-0.05, 0) is 62.8 Å². The minimum absolute atomic E-state index is 0.147. The molecule has 2 aliphatic rings. The van der Waals surface area contributed by atoms with E-state index >= 15 is 0 Å². The van der Waals surface area contributed by atoms with Crippen LogP contribution in [0.15, 0.2) is 17.0 Å². The van der Waals surface area contributed by atoms with Crippen molar-refractivity contribution in [3.63, 3.8) is 0 Å². The summed E-state index contributed by atoms with van der Waals surface area (Å²) in [5.41, 5.74) is 1.40. The highest BCUT2D eigenvalue weighted by molar-refractivity contribution is 7.89. The van der Waals surface area contributed by atoms with Crippen molar-refractivity contribution in [3.8, 4) is 5.75 Å². The van der Waals surface area contributed by atoms with E-state index in [0.29, 0.717) is 30.7 Å². The molecule has 6 nitrogen and oxygen atoms in total. The zero-order chi connectivity index (χ0) is 19.6. The second kappa shape index (κ2) is 8.19. The van der Waals surface area contributed by atoms with Gasteiger partial charge in [0, 0.05) is 12.6 Å². The van der Waals surface area contributed by atoms with Gasteiger partial charge in [0.25, 0.3) is 0 Å². The number of hydrogen-bond acceptors (Lipinski definition) is 4. The van der Waals surface area contributed by atoms with E-state index < -0.39 is 16.1 Å². The Kier molecular flexibility index (Phi) is 6.11. The van der Waals surface area contributed by atoms with Gasteiger partial charge in [-0.25, -0.2) is 8.42 Å². The van der Waals surface area contributed by atoms with Crippen LogP contribution in [0.5, 0.6) is 5.75 Å². The second-order valence-corrected chi connectivity index (χ2v) is 9.56. The minimum atomic E-state index is -3.73. The van der Waals surface area contributed by atoms with Crippen molar-refractivity contribution in [1.29, 1.82) is 0 Å². The number of rotatable bonds is 5. The zero-order valence-corrected chi connectivity index (χ0v) is 17.3. The van der Waals surface area contributed by atoms with Crippen LogP contribution in [0.25, 0.3) is 0 Å². The van der Waals surface area contributed by atoms with Crippen LogP contribution in [-0.4, -0.2) is 44.4 Å². The Morgan fingerprint density at radius 1 is 1.07 bits per heavy atom. The molecular formula is C20H30N2O4S. The van der Waals surface area contributed by atoms with Crippen LogP contribution in [0, 0.1) is 13.8 Å². The third-order valence-corrected chi connectivity index (χ3v) is 7.79. The largest absolute Gasteiger partial charge is 0.496 e. The van der Waals surface area contributed by atoms with Crippen molar-refractivity contribution in [2.45, 2.75) is 75.8 Å². The van der Waals surface area contributed by atoms with Crippen LogP contribution >= 0.6 is 0 Å². The molecule has 27 heavy (non-hydrogen) atoms. The van der Waals surface area contributed by atoms with Crippen molar-refractivity contribution >= 4 is 15.9 Å². The first-order valence-corrected chi connectivity index (χ1v) is 11.3. The topological polar surface area (TPSA) is 75.7 Å². The fourth-order valence-electron chi connectivity index (χ4n) is 4.22. The molecule has 0 spiro atoms. The predicted molar refractivity (Wildman–Crippen MR) is 104 cm³/mol. The summed E-state index contributed by atoms with van der Waals surface area (Å²) in [5.74, 6) is 0.519. The van der Waals surface area contributed by atoms with Gasteiger partial charge in [0.05, 0.1) is 12.0 Å². The molecule has 1 aromatic rings. The molecule has 1 N–H and O–H groups in total. The van der Waals surface area contributed by atoms with E-state index in [4.69, 9.17) is 4.74 Å². The van der Waals surface area contributed by atoms with Gasteiger partial charge in [0.2, 0.25) is 15.9 Å². The molecule has 2 fully saturated rings. The molecule has 1 saturated carbocycles. The van der Waals surface area contributed by atoms with Crippen molar-refractivity contribution in [1.82, 2.24) is 9.62 Å². The zero-order valence-electron chi connectivity index (χ0n) is 16.5. The van der Waals surface area contributed by atoms with E-state index in [1.54, 1.807) is 26.2 Å². The average molecular weight is 395 g/mol. The van der Waals surface area contributed by atoms with Crippen molar-refractivity contribution in [3.05, 3.63) is 23.3 Å². The lowest BCUT2D eigenvalue weighted by Gasteiger charge is -2.28. The van der Waals surface area contributed by atoms with Crippen molar-refractivity contribution in [2.75, 3.05) is 13.7 Å². The number of ether oxygens (including phenoxy) is 1. The molecule has 0 unspecified atom stereocenters. The molecule has 1 aliphatic carbocycles. The molecule has 0 bridgehead atoms. The maximum Gasteiger partial charge on any atom is 0.244 e. The molecule has 7 heteroatoms. The summed E-state index contributed by atoms with van der Waals surface area (Å²) in [6, 6.07) is 2.97. The molecule has 1 saturated heterocycles. The number of aryl methyl sites for hydroxylation is 2. The van der Waals surface area contributed by atoms with Gasteiger partial charge in [-0.2, -0.15) is 4.31 Å². The maximum absolute atomic E-state index is 13.3. The van der Waals surface area contributed by atoms with Crippen LogP contribution in [0.1, 0.15) is 56.1 Å². The van der Waals surface area contributed by atoms with Gasteiger partial charge in [-0.1, -0.05) is 19.3 Å². The summed E-state index contributed by atoms with van der Waals surface area (Å²) >= 11 is 0. The van der Waals surface area contributed by atoms with Gasteiger partial charge in [0.1, 0.15) is 11.8 Å². The SMILES string of the molecule is COc1cc(C)c(S(=O)(=O)N2CCC[C@H]2C(=O)NC2CCCCC2)cc1C. The molecule has 3 rings (SSSR count). The van der Waals surface area contributed by atoms with E-state index in [2.05, 4.69) is 5.32 Å². The van der Waals surface area contributed by atoms with Gasteiger partial charge in [0.15, 0.2) is 0 Å². The van der Waals surface area contributed by atoms with Crippen molar-refractivity contribution in [2.24, 2.45) is 0 Å². The fourth-order valence-corrected chi connectivity index (χ4v) is 6.17. The smallest absolute Gasteiger partial charge is 0.244 e. The fraction of sp³-hybridized carbons (Fsp3) is 0.650. The van der Waals surface area contributed by atoms with E-state index in [1.165, 1.54) is 10.7 Å². The Morgan fingerprint density at radius 3 is 2.44 bits per heavy atom. The third kappa shape index (κ3) is 4.14. The molecule has 1 amide bonds. The Balaban J connectivity index is 1.83. The van der Waals surface area contributed by atoms with E-state index in [0.717, 1.165) is 31.2 Å². The first kappa shape index (κ1) is 20.1. The van der Waals surface area contributed by atoms with Crippen LogP contribution in [0.3, 0.4) is 0 Å². The van der Waals surface area contributed by atoms with Gasteiger partial charge >= 0.3 is 0 Å². The average Bonchev–Trinajstić information content (AvgIpc) is 3.15. The molecule has 1 aliphatic heterocycles. The first-order valence-electron chi connectivity index (χ1n) is 9.82. The highest BCUT2D eigenvalue weighted by Gasteiger charge is 2.40. The van der Waals surface area contributed by atoms with Gasteiger partial charge in [-0.15, -0.1) is 0 Å². The number of sulfonamides is 1. The molecule has 1 heterocycles. The standard InChI is InChI=1S/C20H30N2O4S/c1-14-13-19(15(2)12-18(14)26-3)27(24,25)22-11-7-10-17(22)20(23)21-16-8-5-4-6-9-16/h12-13,16-17H,4-11H2,1-3H3,(H,21,23)/t17-/m0/s1. The first-order chi connectivity index (χ1) is 12.8. The van der Waals surface area contributed by atoms with Gasteiger partial charge < -0.3 is 10.1 Å². The quantitative estimate of drug-likeness (QED) is 0.833. The molecule has 150 valence electrons. The lowest BCUT2D eigenvalue weighted by molar-refractivity contribution is -0.125. The number of benzene rings is 1. The molecule has 1 aromatic carbocycles. The number of amides is 1. The number of carbonyl (C=O) groups excluding carboxylic acids is 1. The van der Waals surface area contributed by atoms with Crippen molar-refractivity contribution < 1.29 is 17.9 Å². The highest BCUT2D eigenvalue weighted by atomic mass is 32.2. The van der Waals surface area contributed by atoms with E-state index in [1.807, 2.05) is 6.92 Å². The number of nitrogens with zero attached hydrogens (tertiary/aromatic N) is 1. The Labute approximate surface area is 162 Å². The normalized spacial score (nSPS) is 22.0. The summed E-state index contributed by atoms with van der Waals surface area (Å²) in [7, 11) is -2.16. The number of nitrogens with one attached hydrogen (secondary N) is 1. The lowest BCUT2D eigenvalue weighted by Crippen LogP contribution is -2.49. The predicted octanol–water partition coefficient (Wildman–Crippen LogP) is 2.91. The minimum Gasteiger partial charge on any atom is -0.496 e. The molecule has 1 atom stereocenters. The number of methoxy groups -OCH3 is 1. The Hall–Kier alpha value is -1.60. The maximum atomic E-state index is 13.3. The van der Waals surface area contributed by atoms with Crippen LogP contribution < -0.4 is 10.1 Å². The monoisotopic (exact) mass is 394 g/mol. The summed E-state index contributed by atoms with van der Waals surface area (Å²) in [6.07, 6.45) is 6.72. The van der Waals surface area contributed by atoms with Crippen LogP contribution in [0.2, 0.25) is 0 Å². The summed E-state index contributed by atoms with van der Waals surface area (Å²) in [5, 5.41) is 3.09. The Bertz CT molecular complexity index is 800. The second-order valence-electron chi connectivity index (χ2n) is 7.70. The van der Waals surface area contributed by atoms with Gasteiger partial charge in [-0.3, -0.25) is 4.79 Å².